The Bertz CT molecular complexity index is 620. The second kappa shape index (κ2) is 6.70. The summed E-state index contributed by atoms with van der Waals surface area (Å²) in [5, 5.41) is 10.0. The molecule has 25 heavy (non-hydrogen) atoms. The maximum absolute atomic E-state index is 12.6. The van der Waals surface area contributed by atoms with E-state index in [4.69, 9.17) is 4.74 Å². The maximum Gasteiger partial charge on any atom is 0.410 e. The van der Waals surface area contributed by atoms with Crippen LogP contribution in [-0.2, 0) is 16.1 Å². The number of carbonyl (C=O) groups excluding carboxylic acids is 1. The first-order valence-electron chi connectivity index (χ1n) is 8.65. The molecule has 1 N–H and O–H groups in total. The molecule has 0 unspecified atom stereocenters. The van der Waals surface area contributed by atoms with Crippen LogP contribution < -0.4 is 0 Å². The molecule has 1 fully saturated rings. The van der Waals surface area contributed by atoms with E-state index in [1.165, 1.54) is 4.90 Å². The van der Waals surface area contributed by atoms with E-state index in [-0.39, 0.29) is 17.4 Å². The summed E-state index contributed by atoms with van der Waals surface area (Å²) in [7, 11) is 1.54. The fraction of sp³-hybridized carbons (Fsp3) is 0.600. The van der Waals surface area contributed by atoms with Gasteiger partial charge in [0.2, 0.25) is 0 Å². The third-order valence-electron chi connectivity index (χ3n) is 5.02. The molecule has 5 heteroatoms. The molecule has 0 spiro atoms. The van der Waals surface area contributed by atoms with Crippen molar-refractivity contribution in [3.8, 4) is 0 Å². The van der Waals surface area contributed by atoms with Crippen molar-refractivity contribution in [2.24, 2.45) is 10.8 Å². The zero-order valence-corrected chi connectivity index (χ0v) is 15.8. The lowest BCUT2D eigenvalue weighted by Gasteiger charge is -2.52. The number of carboxylic acids is 1. The minimum atomic E-state index is -1.25. The quantitative estimate of drug-likeness (QED) is 0.881. The van der Waals surface area contributed by atoms with Crippen LogP contribution in [0.4, 0.5) is 4.79 Å². The lowest BCUT2D eigenvalue weighted by Crippen LogP contribution is -2.61. The van der Waals surface area contributed by atoms with Gasteiger partial charge in [-0.15, -0.1) is 0 Å². The molecule has 1 saturated carbocycles. The summed E-state index contributed by atoms with van der Waals surface area (Å²) in [5.41, 5.74) is -0.723. The van der Waals surface area contributed by atoms with Crippen molar-refractivity contribution in [2.45, 2.75) is 59.1 Å². The topological polar surface area (TPSA) is 66.8 Å². The number of carbonyl (C=O) groups is 2. The average molecular weight is 347 g/mol. The lowest BCUT2D eigenvalue weighted by molar-refractivity contribution is -0.159. The van der Waals surface area contributed by atoms with Crippen molar-refractivity contribution in [1.82, 2.24) is 4.90 Å². The van der Waals surface area contributed by atoms with Gasteiger partial charge in [-0.2, -0.15) is 0 Å². The van der Waals surface area contributed by atoms with Crippen LogP contribution in [-0.4, -0.2) is 34.7 Å². The van der Waals surface area contributed by atoms with Crippen LogP contribution in [0.25, 0.3) is 0 Å². The van der Waals surface area contributed by atoms with Gasteiger partial charge in [-0.25, -0.2) is 9.59 Å². The largest absolute Gasteiger partial charge is 0.479 e. The normalized spacial score (nSPS) is 20.5. The Hall–Kier alpha value is -2.04. The van der Waals surface area contributed by atoms with Crippen molar-refractivity contribution in [3.63, 3.8) is 0 Å². The first-order chi connectivity index (χ1) is 11.5. The summed E-state index contributed by atoms with van der Waals surface area (Å²) in [6, 6.07) is 9.37. The standard InChI is InChI=1S/C20H29NO4/c1-18(2)12-19(3,4)14-20(13-18,16(22)23)21(5)17(24)25-11-15-9-7-6-8-10-15/h6-10H,11-14H2,1-5H3,(H,22,23). The summed E-state index contributed by atoms with van der Waals surface area (Å²) in [5.74, 6) is -0.965. The van der Waals surface area contributed by atoms with Crippen LogP contribution in [0.1, 0.15) is 52.5 Å². The number of likely N-dealkylation sites (N-methyl/N-ethyl adjacent to an activating group) is 1. The van der Waals surface area contributed by atoms with Gasteiger partial charge < -0.3 is 9.84 Å². The zero-order valence-electron chi connectivity index (χ0n) is 15.8. The van der Waals surface area contributed by atoms with E-state index in [1.807, 2.05) is 30.3 Å². The third-order valence-corrected chi connectivity index (χ3v) is 5.02. The van der Waals surface area contributed by atoms with Crippen LogP contribution in [0.3, 0.4) is 0 Å². The third kappa shape index (κ3) is 4.33. The fourth-order valence-corrected chi connectivity index (χ4v) is 4.59. The highest BCUT2D eigenvalue weighted by Gasteiger charge is 2.55. The summed E-state index contributed by atoms with van der Waals surface area (Å²) < 4.78 is 5.38. The smallest absolute Gasteiger partial charge is 0.410 e. The Labute approximate surface area is 150 Å². The molecule has 1 amide bonds. The van der Waals surface area contributed by atoms with E-state index < -0.39 is 17.6 Å². The summed E-state index contributed by atoms with van der Waals surface area (Å²) in [6.07, 6.45) is 1.15. The number of nitrogens with zero attached hydrogens (tertiary/aromatic N) is 1. The van der Waals surface area contributed by atoms with Crippen LogP contribution in [0.15, 0.2) is 30.3 Å². The Morgan fingerprint density at radius 1 is 1.04 bits per heavy atom. The summed E-state index contributed by atoms with van der Waals surface area (Å²) in [4.78, 5) is 26.1. The highest BCUT2D eigenvalue weighted by molar-refractivity contribution is 5.84. The van der Waals surface area contributed by atoms with E-state index in [2.05, 4.69) is 27.7 Å². The van der Waals surface area contributed by atoms with Crippen molar-refractivity contribution in [1.29, 1.82) is 0 Å². The van der Waals surface area contributed by atoms with Gasteiger partial charge in [0.1, 0.15) is 12.1 Å². The van der Waals surface area contributed by atoms with E-state index in [9.17, 15) is 14.7 Å². The van der Waals surface area contributed by atoms with Gasteiger partial charge in [0.15, 0.2) is 0 Å². The van der Waals surface area contributed by atoms with Gasteiger partial charge in [-0.05, 0) is 35.7 Å². The second-order valence-electron chi connectivity index (χ2n) is 8.79. The number of ether oxygens (including phenoxy) is 1. The molecule has 138 valence electrons. The molecule has 1 aromatic carbocycles. The van der Waals surface area contributed by atoms with Crippen LogP contribution >= 0.6 is 0 Å². The molecule has 0 bridgehead atoms. The molecular weight excluding hydrogens is 318 g/mol. The summed E-state index contributed by atoms with van der Waals surface area (Å²) >= 11 is 0. The van der Waals surface area contributed by atoms with Crippen molar-refractivity contribution in [2.75, 3.05) is 7.05 Å². The van der Waals surface area contributed by atoms with Gasteiger partial charge in [0.05, 0.1) is 0 Å². The summed E-state index contributed by atoms with van der Waals surface area (Å²) in [6.45, 7) is 8.39. The van der Waals surface area contributed by atoms with Crippen molar-refractivity contribution in [3.05, 3.63) is 35.9 Å². The predicted octanol–water partition coefficient (Wildman–Crippen LogP) is 4.31. The Morgan fingerprint density at radius 2 is 1.56 bits per heavy atom. The van der Waals surface area contributed by atoms with E-state index >= 15 is 0 Å². The van der Waals surface area contributed by atoms with Crippen LogP contribution in [0, 0.1) is 10.8 Å². The monoisotopic (exact) mass is 347 g/mol. The lowest BCUT2D eigenvalue weighted by atomic mass is 9.58. The van der Waals surface area contributed by atoms with Crippen molar-refractivity contribution < 1.29 is 19.4 Å². The molecule has 2 rings (SSSR count). The van der Waals surface area contributed by atoms with Crippen molar-refractivity contribution >= 4 is 12.1 Å². The molecule has 0 radical (unpaired) electrons. The molecular formula is C20H29NO4. The van der Waals surface area contributed by atoms with Gasteiger partial charge in [-0.3, -0.25) is 4.90 Å². The SMILES string of the molecule is CN(C(=O)OCc1ccccc1)C1(C(=O)O)CC(C)(C)CC(C)(C)C1. The highest BCUT2D eigenvalue weighted by Crippen LogP contribution is 2.52. The second-order valence-corrected chi connectivity index (χ2v) is 8.79. The first kappa shape index (κ1) is 19.3. The molecule has 0 aliphatic heterocycles. The first-order valence-corrected chi connectivity index (χ1v) is 8.65. The molecule has 1 aliphatic rings. The number of carboxylic acid groups (broad SMARTS) is 1. The fourth-order valence-electron chi connectivity index (χ4n) is 4.59. The minimum Gasteiger partial charge on any atom is -0.479 e. The number of benzene rings is 1. The van der Waals surface area contributed by atoms with Gasteiger partial charge in [0.25, 0.3) is 0 Å². The Kier molecular flexibility index (Phi) is 5.17. The van der Waals surface area contributed by atoms with E-state index in [0.29, 0.717) is 12.8 Å². The Morgan fingerprint density at radius 3 is 2.04 bits per heavy atom. The minimum absolute atomic E-state index is 0.131. The van der Waals surface area contributed by atoms with Gasteiger partial charge >= 0.3 is 12.1 Å². The number of amides is 1. The average Bonchev–Trinajstić information content (AvgIpc) is 2.49. The van der Waals surface area contributed by atoms with Crippen LogP contribution in [0.5, 0.6) is 0 Å². The zero-order chi connectivity index (χ0) is 18.9. The Balaban J connectivity index is 2.21. The number of rotatable bonds is 4. The highest BCUT2D eigenvalue weighted by atomic mass is 16.6. The van der Waals surface area contributed by atoms with Gasteiger partial charge in [0, 0.05) is 7.05 Å². The number of aliphatic carboxylic acids is 1. The maximum atomic E-state index is 12.6. The molecule has 0 aromatic heterocycles. The van der Waals surface area contributed by atoms with E-state index in [1.54, 1.807) is 7.05 Å². The molecule has 0 atom stereocenters. The predicted molar refractivity (Wildman–Crippen MR) is 96.2 cm³/mol. The molecule has 1 aliphatic carbocycles. The molecule has 5 nitrogen and oxygen atoms in total. The number of hydrogen-bond acceptors (Lipinski definition) is 3. The molecule has 0 heterocycles. The van der Waals surface area contributed by atoms with Gasteiger partial charge in [-0.1, -0.05) is 58.0 Å². The molecule has 0 saturated heterocycles. The molecule has 1 aromatic rings. The van der Waals surface area contributed by atoms with E-state index in [0.717, 1.165) is 12.0 Å². The number of hydrogen-bond donors (Lipinski definition) is 1. The van der Waals surface area contributed by atoms with Crippen LogP contribution in [0.2, 0.25) is 0 Å².